The van der Waals surface area contributed by atoms with Crippen LogP contribution < -0.4 is 29.6 Å². The number of methoxy groups -OCH3 is 3. The highest BCUT2D eigenvalue weighted by atomic mass is 19.1. The number of fused-ring (bicyclic) bond motifs is 1. The van der Waals surface area contributed by atoms with Crippen molar-refractivity contribution in [2.24, 2.45) is 0 Å². The molecular formula is C34H39F2N5O8. The number of halogens is 2. The summed E-state index contributed by atoms with van der Waals surface area (Å²) in [6.07, 6.45) is 2.21. The van der Waals surface area contributed by atoms with E-state index in [9.17, 15) is 9.59 Å². The Bertz CT molecular complexity index is 1780. The summed E-state index contributed by atoms with van der Waals surface area (Å²) in [5, 5.41) is 5.87. The van der Waals surface area contributed by atoms with E-state index >= 15 is 8.78 Å². The quantitative estimate of drug-likeness (QED) is 0.145. The number of likely N-dealkylation sites (N-methyl/N-ethyl adjacent to an activating group) is 1. The van der Waals surface area contributed by atoms with Crippen LogP contribution in [0, 0.1) is 11.6 Å². The molecule has 0 aliphatic heterocycles. The summed E-state index contributed by atoms with van der Waals surface area (Å²) in [6, 6.07) is 7.99. The molecule has 0 atom stereocenters. The Labute approximate surface area is 282 Å². The lowest BCUT2D eigenvalue weighted by atomic mass is 10.1. The van der Waals surface area contributed by atoms with Crippen molar-refractivity contribution >= 4 is 34.4 Å². The first-order valence-electron chi connectivity index (χ1n) is 15.1. The smallest absolute Gasteiger partial charge is 0.410 e. The highest BCUT2D eigenvalue weighted by molar-refractivity contribution is 6.06. The van der Waals surface area contributed by atoms with E-state index in [2.05, 4.69) is 20.6 Å². The summed E-state index contributed by atoms with van der Waals surface area (Å²) in [6.45, 7) is 6.61. The summed E-state index contributed by atoms with van der Waals surface area (Å²) >= 11 is 0. The monoisotopic (exact) mass is 683 g/mol. The van der Waals surface area contributed by atoms with Gasteiger partial charge in [-0.15, -0.1) is 0 Å². The third-order valence-electron chi connectivity index (χ3n) is 6.79. The highest BCUT2D eigenvalue weighted by Gasteiger charge is 2.22. The van der Waals surface area contributed by atoms with Crippen LogP contribution in [0.25, 0.3) is 10.9 Å². The predicted molar refractivity (Wildman–Crippen MR) is 178 cm³/mol. The molecule has 4 aromatic rings. The second-order valence-corrected chi connectivity index (χ2v) is 11.6. The molecule has 0 aliphatic rings. The van der Waals surface area contributed by atoms with Crippen molar-refractivity contribution in [2.75, 3.05) is 65.3 Å². The van der Waals surface area contributed by atoms with Crippen LogP contribution in [0.15, 0.2) is 48.8 Å². The number of aromatic nitrogens is 2. The Morgan fingerprint density at radius 2 is 1.61 bits per heavy atom. The van der Waals surface area contributed by atoms with E-state index in [0.29, 0.717) is 41.4 Å². The molecule has 2 heterocycles. The van der Waals surface area contributed by atoms with Gasteiger partial charge in [-0.05, 0) is 32.9 Å². The zero-order chi connectivity index (χ0) is 35.7. The van der Waals surface area contributed by atoms with Crippen LogP contribution in [-0.4, -0.2) is 87.1 Å². The molecular weight excluding hydrogens is 644 g/mol. The van der Waals surface area contributed by atoms with Gasteiger partial charge in [0.1, 0.15) is 35.1 Å². The maximum Gasteiger partial charge on any atom is 0.410 e. The molecule has 0 saturated carbocycles. The Balaban J connectivity index is 1.49. The number of benzene rings is 2. The van der Waals surface area contributed by atoms with Gasteiger partial charge in [0.05, 0.1) is 32.9 Å². The molecule has 0 unspecified atom stereocenters. The molecule has 2 N–H and O–H groups in total. The van der Waals surface area contributed by atoms with Crippen molar-refractivity contribution in [3.05, 3.63) is 66.0 Å². The first kappa shape index (κ1) is 36.4. The van der Waals surface area contributed by atoms with Crippen molar-refractivity contribution in [3.63, 3.8) is 0 Å². The number of amides is 2. The van der Waals surface area contributed by atoms with E-state index in [1.165, 1.54) is 43.6 Å². The number of hydrogen-bond acceptors (Lipinski definition) is 11. The van der Waals surface area contributed by atoms with Crippen molar-refractivity contribution in [2.45, 2.75) is 26.4 Å². The van der Waals surface area contributed by atoms with Crippen LogP contribution in [0.5, 0.6) is 28.7 Å². The average molecular weight is 684 g/mol. The number of nitrogens with zero attached hydrogens (tertiary/aromatic N) is 3. The van der Waals surface area contributed by atoms with E-state index in [4.69, 9.17) is 28.4 Å². The summed E-state index contributed by atoms with van der Waals surface area (Å²) < 4.78 is 63.3. The van der Waals surface area contributed by atoms with Crippen molar-refractivity contribution in [3.8, 4) is 28.7 Å². The number of carbonyl (C=O) groups excluding carboxylic acids is 2. The van der Waals surface area contributed by atoms with Gasteiger partial charge in [-0.3, -0.25) is 9.78 Å². The van der Waals surface area contributed by atoms with Crippen LogP contribution in [-0.2, 0) is 9.47 Å². The molecule has 0 fully saturated rings. The third-order valence-corrected chi connectivity index (χ3v) is 6.79. The Hall–Kier alpha value is -5.44. The first-order chi connectivity index (χ1) is 23.3. The second kappa shape index (κ2) is 16.1. The minimum atomic E-state index is -1.07. The van der Waals surface area contributed by atoms with E-state index in [-0.39, 0.29) is 35.9 Å². The number of carbonyl (C=O) groups is 2. The summed E-state index contributed by atoms with van der Waals surface area (Å²) in [5.41, 5.74) is -0.347. The van der Waals surface area contributed by atoms with Gasteiger partial charge in [0.15, 0.2) is 28.9 Å². The van der Waals surface area contributed by atoms with Gasteiger partial charge < -0.3 is 44.0 Å². The van der Waals surface area contributed by atoms with E-state index in [1.807, 2.05) is 0 Å². The lowest BCUT2D eigenvalue weighted by molar-refractivity contribution is 0.0277. The number of anilines is 2. The summed E-state index contributed by atoms with van der Waals surface area (Å²) in [7, 11) is 5.98. The van der Waals surface area contributed by atoms with Gasteiger partial charge in [-0.1, -0.05) is 0 Å². The number of rotatable bonds is 14. The molecule has 2 amide bonds. The topological polar surface area (TPSA) is 143 Å². The lowest BCUT2D eigenvalue weighted by Crippen LogP contribution is -2.36. The zero-order valence-electron chi connectivity index (χ0n) is 28.3. The van der Waals surface area contributed by atoms with Crippen molar-refractivity contribution in [1.29, 1.82) is 0 Å². The lowest BCUT2D eigenvalue weighted by Gasteiger charge is -2.24. The van der Waals surface area contributed by atoms with Gasteiger partial charge >= 0.3 is 6.09 Å². The third kappa shape index (κ3) is 9.56. The number of ether oxygens (including phenoxy) is 6. The number of hydrogen-bond donors (Lipinski definition) is 2. The van der Waals surface area contributed by atoms with E-state index in [1.54, 1.807) is 47.1 Å². The van der Waals surface area contributed by atoms with Crippen LogP contribution >= 0.6 is 0 Å². The van der Waals surface area contributed by atoms with E-state index < -0.39 is 35.0 Å². The normalized spacial score (nSPS) is 11.1. The molecule has 0 bridgehead atoms. The van der Waals surface area contributed by atoms with Crippen LogP contribution in [0.1, 0.15) is 31.1 Å². The maximum absolute atomic E-state index is 15.3. The minimum absolute atomic E-state index is 0.0524. The van der Waals surface area contributed by atoms with Gasteiger partial charge in [0.2, 0.25) is 0 Å². The Kier molecular flexibility index (Phi) is 12.0. The predicted octanol–water partition coefficient (Wildman–Crippen LogP) is 6.27. The summed E-state index contributed by atoms with van der Waals surface area (Å²) in [5.74, 6) is -2.14. The Morgan fingerprint density at radius 1 is 0.898 bits per heavy atom. The SMILES string of the molecule is COCCNc1cc(OC)c(C(=O)Nc2cc(F)c(Oc3ccnc4cc(OCCN(C)C(=O)OC(C)(C)C)c(OC)cc34)c(F)c2)cn1. The Morgan fingerprint density at radius 3 is 2.27 bits per heavy atom. The fourth-order valence-corrected chi connectivity index (χ4v) is 4.41. The van der Waals surface area contributed by atoms with Gasteiger partial charge in [0.25, 0.3) is 5.91 Å². The highest BCUT2D eigenvalue weighted by Crippen LogP contribution is 2.39. The second-order valence-electron chi connectivity index (χ2n) is 11.6. The minimum Gasteiger partial charge on any atom is -0.496 e. The first-order valence-corrected chi connectivity index (χ1v) is 15.1. The molecule has 4 rings (SSSR count). The molecule has 15 heteroatoms. The van der Waals surface area contributed by atoms with Crippen molar-refractivity contribution in [1.82, 2.24) is 14.9 Å². The molecule has 0 aliphatic carbocycles. The van der Waals surface area contributed by atoms with Crippen LogP contribution in [0.4, 0.5) is 25.1 Å². The molecule has 13 nitrogen and oxygen atoms in total. The molecule has 0 radical (unpaired) electrons. The maximum atomic E-state index is 15.3. The van der Waals surface area contributed by atoms with Crippen molar-refractivity contribution < 1.29 is 46.8 Å². The van der Waals surface area contributed by atoms with E-state index in [0.717, 1.165) is 12.1 Å². The number of nitrogens with one attached hydrogen (secondary N) is 2. The molecule has 0 spiro atoms. The van der Waals surface area contributed by atoms with Gasteiger partial charge in [0, 0.05) is 68.4 Å². The summed E-state index contributed by atoms with van der Waals surface area (Å²) in [4.78, 5) is 35.1. The van der Waals surface area contributed by atoms with Crippen LogP contribution in [0.2, 0.25) is 0 Å². The fraction of sp³-hybridized carbons (Fsp3) is 0.353. The molecule has 49 heavy (non-hydrogen) atoms. The van der Waals surface area contributed by atoms with Gasteiger partial charge in [-0.2, -0.15) is 0 Å². The largest absolute Gasteiger partial charge is 0.496 e. The zero-order valence-corrected chi connectivity index (χ0v) is 28.3. The number of pyridine rings is 2. The standard InChI is InChI=1S/C34H39F2N5O8/c1-34(2,3)49-33(43)41(4)11-13-47-29-17-25-21(16-28(29)46-7)26(8-9-37-25)48-31-23(35)14-20(15-24(31)36)40-32(42)22-19-39-30(18-27(22)45-6)38-10-12-44-5/h8-9,14-19H,10-13H2,1-7H3,(H,38,39)(H,40,42). The van der Waals surface area contributed by atoms with Gasteiger partial charge in [-0.25, -0.2) is 18.6 Å². The molecule has 262 valence electrons. The average Bonchev–Trinajstić information content (AvgIpc) is 3.05. The molecule has 2 aromatic carbocycles. The fourth-order valence-electron chi connectivity index (χ4n) is 4.41. The van der Waals surface area contributed by atoms with Crippen LogP contribution in [0.3, 0.4) is 0 Å². The molecule has 2 aromatic heterocycles. The molecule has 0 saturated heterocycles.